The van der Waals surface area contributed by atoms with E-state index in [4.69, 9.17) is 5.11 Å². The predicted octanol–water partition coefficient (Wildman–Crippen LogP) is 4.19. The van der Waals surface area contributed by atoms with E-state index in [1.165, 1.54) is 17.7 Å². The van der Waals surface area contributed by atoms with Gasteiger partial charge in [-0.3, -0.25) is 0 Å². The van der Waals surface area contributed by atoms with Crippen molar-refractivity contribution in [3.05, 3.63) is 58.6 Å². The largest absolute Gasteiger partial charge is 0.509 e. The highest BCUT2D eigenvalue weighted by molar-refractivity contribution is 7.99. The summed E-state index contributed by atoms with van der Waals surface area (Å²) in [6.45, 7) is 13.2. The standard InChI is InChI=1S/C16H22O3S/c1-12(17)6-7-13(2)20(18,19)15-10-8-14(9-11-15)16(3,4)5/h6-8,10,17H,1-2,9,11H2,3-5H3/b7-6-. The predicted molar refractivity (Wildman–Crippen MR) is 83.8 cm³/mol. The Morgan fingerprint density at radius 2 is 1.80 bits per heavy atom. The van der Waals surface area contributed by atoms with E-state index in [9.17, 15) is 8.42 Å². The van der Waals surface area contributed by atoms with Crippen LogP contribution in [0.1, 0.15) is 33.6 Å². The van der Waals surface area contributed by atoms with E-state index >= 15 is 0 Å². The summed E-state index contributed by atoms with van der Waals surface area (Å²) >= 11 is 0. The van der Waals surface area contributed by atoms with Gasteiger partial charge in [-0.05, 0) is 36.5 Å². The van der Waals surface area contributed by atoms with Gasteiger partial charge < -0.3 is 5.11 Å². The lowest BCUT2D eigenvalue weighted by atomic mass is 9.82. The molecule has 0 radical (unpaired) electrons. The summed E-state index contributed by atoms with van der Waals surface area (Å²) in [5, 5.41) is 8.96. The second-order valence-electron chi connectivity index (χ2n) is 5.87. The molecule has 0 bridgehead atoms. The van der Waals surface area contributed by atoms with Gasteiger partial charge in [-0.15, -0.1) is 0 Å². The van der Waals surface area contributed by atoms with Crippen LogP contribution in [0.2, 0.25) is 0 Å². The molecule has 0 heterocycles. The van der Waals surface area contributed by atoms with E-state index in [1.54, 1.807) is 6.08 Å². The summed E-state index contributed by atoms with van der Waals surface area (Å²) in [7, 11) is -3.54. The fourth-order valence-corrected chi connectivity index (χ4v) is 3.12. The minimum atomic E-state index is -3.54. The summed E-state index contributed by atoms with van der Waals surface area (Å²) in [5.74, 6) is -0.200. The lowest BCUT2D eigenvalue weighted by Gasteiger charge is -2.25. The van der Waals surface area contributed by atoms with Crippen LogP contribution in [0.15, 0.2) is 58.6 Å². The molecule has 0 spiro atoms. The van der Waals surface area contributed by atoms with Crippen LogP contribution < -0.4 is 0 Å². The second-order valence-corrected chi connectivity index (χ2v) is 7.92. The molecule has 0 unspecified atom stereocenters. The average molecular weight is 294 g/mol. The van der Waals surface area contributed by atoms with Crippen molar-refractivity contribution in [2.45, 2.75) is 33.6 Å². The first kappa shape index (κ1) is 16.5. The Morgan fingerprint density at radius 1 is 1.20 bits per heavy atom. The third kappa shape index (κ3) is 3.97. The van der Waals surface area contributed by atoms with Crippen molar-refractivity contribution >= 4 is 9.84 Å². The van der Waals surface area contributed by atoms with E-state index in [0.717, 1.165) is 6.42 Å². The lowest BCUT2D eigenvalue weighted by Crippen LogP contribution is -2.14. The monoisotopic (exact) mass is 294 g/mol. The van der Waals surface area contributed by atoms with Crippen molar-refractivity contribution in [1.29, 1.82) is 0 Å². The van der Waals surface area contributed by atoms with Crippen LogP contribution in [0.5, 0.6) is 0 Å². The zero-order chi connectivity index (χ0) is 15.6. The number of aliphatic hydroxyl groups is 1. The van der Waals surface area contributed by atoms with Crippen molar-refractivity contribution in [3.8, 4) is 0 Å². The van der Waals surface area contributed by atoms with Crippen LogP contribution >= 0.6 is 0 Å². The van der Waals surface area contributed by atoms with Gasteiger partial charge in [0.05, 0.1) is 4.91 Å². The van der Waals surface area contributed by atoms with Crippen molar-refractivity contribution in [2.75, 3.05) is 0 Å². The first-order valence-electron chi connectivity index (χ1n) is 6.45. The van der Waals surface area contributed by atoms with Gasteiger partial charge in [0.25, 0.3) is 0 Å². The smallest absolute Gasteiger partial charge is 0.202 e. The van der Waals surface area contributed by atoms with Gasteiger partial charge in [-0.25, -0.2) is 8.42 Å². The van der Waals surface area contributed by atoms with Crippen LogP contribution in [0.25, 0.3) is 0 Å². The maximum atomic E-state index is 12.3. The topological polar surface area (TPSA) is 54.4 Å². The molecule has 0 atom stereocenters. The van der Waals surface area contributed by atoms with Crippen molar-refractivity contribution < 1.29 is 13.5 Å². The molecule has 0 fully saturated rings. The Labute approximate surface area is 121 Å². The summed E-state index contributed by atoms with van der Waals surface area (Å²) in [6, 6.07) is 0. The van der Waals surface area contributed by atoms with E-state index in [1.807, 2.05) is 6.08 Å². The number of rotatable bonds is 4. The minimum absolute atomic E-state index is 0.0356. The first-order valence-corrected chi connectivity index (χ1v) is 7.93. The van der Waals surface area contributed by atoms with Gasteiger partial charge >= 0.3 is 0 Å². The Bertz CT molecular complexity index is 609. The van der Waals surface area contributed by atoms with Crippen LogP contribution in [0, 0.1) is 5.41 Å². The molecule has 0 aliphatic heterocycles. The molecule has 20 heavy (non-hydrogen) atoms. The summed E-state index contributed by atoms with van der Waals surface area (Å²) in [4.78, 5) is 0.329. The molecule has 3 nitrogen and oxygen atoms in total. The van der Waals surface area contributed by atoms with E-state index in [-0.39, 0.29) is 16.1 Å². The third-order valence-electron chi connectivity index (χ3n) is 3.23. The number of aliphatic hydroxyl groups excluding tert-OH is 1. The SMILES string of the molecule is C=C(O)/C=C\C(=C)S(=O)(=O)C1=CC=C(C(C)(C)C)CC1. The molecule has 0 aromatic rings. The Hall–Kier alpha value is -1.55. The van der Waals surface area contributed by atoms with Gasteiger partial charge in [0.2, 0.25) is 9.84 Å². The van der Waals surface area contributed by atoms with Gasteiger partial charge in [0, 0.05) is 4.91 Å². The number of hydrogen-bond acceptors (Lipinski definition) is 3. The average Bonchev–Trinajstić information content (AvgIpc) is 2.34. The highest BCUT2D eigenvalue weighted by Crippen LogP contribution is 2.35. The highest BCUT2D eigenvalue weighted by atomic mass is 32.2. The van der Waals surface area contributed by atoms with Crippen molar-refractivity contribution in [1.82, 2.24) is 0 Å². The van der Waals surface area contributed by atoms with Gasteiger partial charge in [0.15, 0.2) is 0 Å². The number of allylic oxidation sites excluding steroid dienone is 6. The Kier molecular flexibility index (Phi) is 4.81. The quantitative estimate of drug-likeness (QED) is 0.624. The molecule has 1 N–H and O–H groups in total. The normalized spacial score (nSPS) is 16.8. The highest BCUT2D eigenvalue weighted by Gasteiger charge is 2.25. The molecule has 1 aliphatic carbocycles. The molecule has 0 saturated carbocycles. The number of sulfone groups is 1. The second kappa shape index (κ2) is 5.83. The van der Waals surface area contributed by atoms with Gasteiger partial charge in [-0.1, -0.05) is 45.6 Å². The van der Waals surface area contributed by atoms with E-state index < -0.39 is 9.84 Å². The molecular formula is C16H22O3S. The molecule has 0 saturated heterocycles. The number of hydrogen-bond donors (Lipinski definition) is 1. The van der Waals surface area contributed by atoms with Crippen molar-refractivity contribution in [3.63, 3.8) is 0 Å². The van der Waals surface area contributed by atoms with Gasteiger partial charge in [0.1, 0.15) is 5.76 Å². The Balaban J connectivity index is 3.02. The minimum Gasteiger partial charge on any atom is -0.509 e. The molecular weight excluding hydrogens is 272 g/mol. The molecule has 0 aromatic carbocycles. The maximum absolute atomic E-state index is 12.3. The molecule has 1 aliphatic rings. The summed E-state index contributed by atoms with van der Waals surface area (Å²) in [5.41, 5.74) is 1.29. The fraction of sp³-hybridized carbons (Fsp3) is 0.375. The van der Waals surface area contributed by atoms with Gasteiger partial charge in [-0.2, -0.15) is 0 Å². The third-order valence-corrected chi connectivity index (χ3v) is 5.08. The van der Waals surface area contributed by atoms with Crippen LogP contribution in [0.3, 0.4) is 0 Å². The zero-order valence-corrected chi connectivity index (χ0v) is 13.1. The maximum Gasteiger partial charge on any atom is 0.202 e. The molecule has 0 aromatic heterocycles. The van der Waals surface area contributed by atoms with Crippen molar-refractivity contribution in [2.24, 2.45) is 5.41 Å². The molecule has 4 heteroatoms. The van der Waals surface area contributed by atoms with Crippen LogP contribution in [0.4, 0.5) is 0 Å². The fourth-order valence-electron chi connectivity index (χ4n) is 1.91. The summed E-state index contributed by atoms with van der Waals surface area (Å²) < 4.78 is 24.6. The lowest BCUT2D eigenvalue weighted by molar-refractivity contribution is 0.435. The molecule has 0 amide bonds. The molecule has 1 rings (SSSR count). The molecule has 110 valence electrons. The van der Waals surface area contributed by atoms with E-state index in [0.29, 0.717) is 11.3 Å². The van der Waals surface area contributed by atoms with Crippen LogP contribution in [-0.4, -0.2) is 13.5 Å². The Morgan fingerprint density at radius 3 is 2.20 bits per heavy atom. The van der Waals surface area contributed by atoms with Crippen LogP contribution in [-0.2, 0) is 9.84 Å². The zero-order valence-electron chi connectivity index (χ0n) is 12.3. The summed E-state index contributed by atoms with van der Waals surface area (Å²) in [6.07, 6.45) is 7.25. The van der Waals surface area contributed by atoms with E-state index in [2.05, 4.69) is 33.9 Å². The first-order chi connectivity index (χ1) is 9.05.